The molecule has 0 bridgehead atoms. The second-order valence-corrected chi connectivity index (χ2v) is 9.43. The fourth-order valence-electron chi connectivity index (χ4n) is 4.85. The highest BCUT2D eigenvalue weighted by molar-refractivity contribution is 6.00. The van der Waals surface area contributed by atoms with Gasteiger partial charge in [-0.05, 0) is 18.1 Å². The van der Waals surface area contributed by atoms with Gasteiger partial charge in [0.05, 0.1) is 7.11 Å². The first-order valence-electron chi connectivity index (χ1n) is 12.4. The van der Waals surface area contributed by atoms with Crippen LogP contribution in [0, 0.1) is 11.6 Å². The normalized spacial score (nSPS) is 19.6. The Morgan fingerprint density at radius 2 is 2.05 bits per heavy atom. The van der Waals surface area contributed by atoms with Crippen molar-refractivity contribution in [1.82, 2.24) is 14.7 Å². The Kier molecular flexibility index (Phi) is 8.43. The Morgan fingerprint density at radius 1 is 1.32 bits per heavy atom. The number of phenolic OH excluding ortho intramolecular Hbond substituents is 1. The van der Waals surface area contributed by atoms with Crippen LogP contribution in [0.4, 0.5) is 23.8 Å². The van der Waals surface area contributed by atoms with E-state index in [1.54, 1.807) is 30.3 Å². The molecule has 4 N–H and O–H groups in total. The lowest BCUT2D eigenvalue weighted by Crippen LogP contribution is -2.55. The molecule has 2 aromatic carbocycles. The van der Waals surface area contributed by atoms with Gasteiger partial charge in [0.25, 0.3) is 5.91 Å². The molecule has 0 aliphatic carbocycles. The summed E-state index contributed by atoms with van der Waals surface area (Å²) in [5, 5.41) is 17.0. The van der Waals surface area contributed by atoms with Crippen LogP contribution in [0.2, 0.25) is 0 Å². The van der Waals surface area contributed by atoms with Gasteiger partial charge in [-0.25, -0.2) is 18.0 Å². The van der Waals surface area contributed by atoms with E-state index in [-0.39, 0.29) is 55.0 Å². The van der Waals surface area contributed by atoms with Gasteiger partial charge in [-0.3, -0.25) is 19.7 Å². The average Bonchev–Trinajstić information content (AvgIpc) is 3.37. The number of rotatable bonds is 8. The number of carbonyl (C=O) groups excluding carboxylic acids is 2. The number of phenols is 1. The number of carbonyl (C=O) groups is 2. The lowest BCUT2D eigenvalue weighted by molar-refractivity contribution is 0.00847. The van der Waals surface area contributed by atoms with Crippen LogP contribution >= 0.6 is 0 Å². The average molecular weight is 559 g/mol. The number of aliphatic imine (C=N–C) groups is 1. The van der Waals surface area contributed by atoms with Gasteiger partial charge >= 0.3 is 6.09 Å². The Bertz CT molecular complexity index is 1430. The van der Waals surface area contributed by atoms with Crippen LogP contribution in [0.5, 0.6) is 5.75 Å². The van der Waals surface area contributed by atoms with Gasteiger partial charge in [-0.15, -0.1) is 0 Å². The molecule has 3 aromatic rings. The van der Waals surface area contributed by atoms with E-state index in [0.29, 0.717) is 5.56 Å². The summed E-state index contributed by atoms with van der Waals surface area (Å²) in [4.78, 5) is 29.2. The maximum atomic E-state index is 16.1. The molecule has 10 nitrogen and oxygen atoms in total. The van der Waals surface area contributed by atoms with Crippen molar-refractivity contribution in [1.29, 1.82) is 0 Å². The third-order valence-corrected chi connectivity index (χ3v) is 7.09. The number of methoxy groups -OCH3 is 1. The van der Waals surface area contributed by atoms with Crippen molar-refractivity contribution in [3.05, 3.63) is 65.4 Å². The number of hydrogen-bond donors (Lipinski definition) is 3. The fourth-order valence-corrected chi connectivity index (χ4v) is 4.85. The van der Waals surface area contributed by atoms with E-state index in [9.17, 15) is 14.7 Å². The molecular formula is C27H29F3N6O4. The quantitative estimate of drug-likeness (QED) is 0.360. The van der Waals surface area contributed by atoms with Crippen LogP contribution in [0.3, 0.4) is 0 Å². The van der Waals surface area contributed by atoms with Gasteiger partial charge in [0, 0.05) is 56.6 Å². The number of aromatic nitrogens is 2. The van der Waals surface area contributed by atoms with Crippen LogP contribution in [0.25, 0.3) is 11.1 Å². The molecule has 2 atom stereocenters. The number of hydrogen-bond acceptors (Lipinski definition) is 7. The number of aromatic hydroxyl groups is 1. The van der Waals surface area contributed by atoms with Crippen molar-refractivity contribution >= 4 is 24.0 Å². The maximum Gasteiger partial charge on any atom is 0.412 e. The molecule has 2 amide bonds. The molecule has 1 fully saturated rings. The summed E-state index contributed by atoms with van der Waals surface area (Å²) in [6, 6.07) is 9.42. The lowest BCUT2D eigenvalue weighted by atomic mass is 9.83. The molecular weight excluding hydrogens is 529 g/mol. The van der Waals surface area contributed by atoms with Gasteiger partial charge in [0.1, 0.15) is 23.1 Å². The molecule has 1 aromatic heterocycles. The number of alkyl halides is 1. The van der Waals surface area contributed by atoms with Crippen molar-refractivity contribution in [2.75, 3.05) is 32.6 Å². The number of nitrogens with zero attached hydrogens (tertiary/aromatic N) is 4. The van der Waals surface area contributed by atoms with Crippen LogP contribution in [0.15, 0.2) is 47.6 Å². The summed E-state index contributed by atoms with van der Waals surface area (Å²) < 4.78 is 52.1. The highest BCUT2D eigenvalue weighted by Gasteiger charge is 2.46. The van der Waals surface area contributed by atoms with Gasteiger partial charge in [0.2, 0.25) is 0 Å². The third kappa shape index (κ3) is 5.50. The second-order valence-electron chi connectivity index (χ2n) is 9.43. The van der Waals surface area contributed by atoms with Crippen molar-refractivity contribution in [3.8, 4) is 16.9 Å². The first-order valence-corrected chi connectivity index (χ1v) is 12.4. The number of anilines is 1. The molecule has 4 rings (SSSR count). The molecule has 1 saturated heterocycles. The van der Waals surface area contributed by atoms with E-state index in [1.807, 2.05) is 0 Å². The first kappa shape index (κ1) is 28.6. The van der Waals surface area contributed by atoms with E-state index in [2.05, 4.69) is 20.1 Å². The number of primary amides is 1. The van der Waals surface area contributed by atoms with E-state index in [0.717, 1.165) is 13.2 Å². The molecule has 2 unspecified atom stereocenters. The second kappa shape index (κ2) is 11.8. The highest BCUT2D eigenvalue weighted by Crippen LogP contribution is 2.39. The first-order chi connectivity index (χ1) is 19.1. The molecule has 212 valence electrons. The lowest BCUT2D eigenvalue weighted by Gasteiger charge is -2.44. The number of piperidine rings is 1. The van der Waals surface area contributed by atoms with Crippen molar-refractivity contribution in [3.63, 3.8) is 0 Å². The number of nitrogens with two attached hydrogens (primary N) is 1. The Hall–Kier alpha value is -4.39. The van der Waals surface area contributed by atoms with Crippen LogP contribution in [-0.2, 0) is 16.8 Å². The minimum atomic E-state index is -1.64. The van der Waals surface area contributed by atoms with Gasteiger partial charge in [-0.1, -0.05) is 30.3 Å². The standard InChI is InChI=1S/C27H29F3N6O4/c1-32-10-8-27(36-14-19(24(31)38)25(34-36)33-26(39)40-2)9-11-35(15-21(27)29)13-18-20(28)12-17(23(37)22(18)30)16-6-4-3-5-7-16/h3-7,10,12,14,21,37H,8-9,11,13,15H2,1-2H3,(H2,31,38)(H,33,34,39)/b32-10-. The minimum Gasteiger partial charge on any atom is -0.504 e. The van der Waals surface area contributed by atoms with Gasteiger partial charge in [-0.2, -0.15) is 5.10 Å². The summed E-state index contributed by atoms with van der Waals surface area (Å²) in [6.07, 6.45) is 0.392. The zero-order valence-corrected chi connectivity index (χ0v) is 21.9. The van der Waals surface area contributed by atoms with E-state index >= 15 is 13.2 Å². The highest BCUT2D eigenvalue weighted by atomic mass is 19.1. The summed E-state index contributed by atoms with van der Waals surface area (Å²) in [7, 11) is 2.65. The number of benzene rings is 2. The number of amides is 2. The molecule has 0 spiro atoms. The zero-order valence-electron chi connectivity index (χ0n) is 21.9. The van der Waals surface area contributed by atoms with Crippen LogP contribution in [0.1, 0.15) is 28.8 Å². The Morgan fingerprint density at radius 3 is 2.67 bits per heavy atom. The molecule has 1 aliphatic rings. The van der Waals surface area contributed by atoms with Crippen molar-refractivity contribution in [2.45, 2.75) is 31.1 Å². The number of halogens is 3. The fraction of sp³-hybridized carbons (Fsp3) is 0.333. The summed E-state index contributed by atoms with van der Waals surface area (Å²) in [6.45, 7) is -0.355. The van der Waals surface area contributed by atoms with Gasteiger partial charge < -0.3 is 20.6 Å². The summed E-state index contributed by atoms with van der Waals surface area (Å²) in [5.41, 5.74) is 4.04. The topological polar surface area (TPSA) is 135 Å². The smallest absolute Gasteiger partial charge is 0.412 e. The number of likely N-dealkylation sites (tertiary alicyclic amines) is 1. The number of ether oxygens (including phenoxy) is 1. The molecule has 40 heavy (non-hydrogen) atoms. The predicted molar refractivity (Wildman–Crippen MR) is 142 cm³/mol. The van der Waals surface area contributed by atoms with Crippen molar-refractivity contribution < 1.29 is 32.6 Å². The minimum absolute atomic E-state index is 0.0135. The SMILES string of the molecule is C/N=C\CC1(n2cc(C(N)=O)c(NC(=O)OC)n2)CCN(Cc2c(F)cc(-c3ccccc3)c(O)c2F)CC1F. The van der Waals surface area contributed by atoms with Crippen LogP contribution in [-0.4, -0.2) is 71.4 Å². The molecule has 0 saturated carbocycles. The molecule has 0 radical (unpaired) electrons. The zero-order chi connectivity index (χ0) is 29.0. The maximum absolute atomic E-state index is 16.1. The van der Waals surface area contributed by atoms with Gasteiger partial charge in [0.15, 0.2) is 17.4 Å². The van der Waals surface area contributed by atoms with E-state index < -0.39 is 41.1 Å². The molecule has 2 heterocycles. The van der Waals surface area contributed by atoms with E-state index in [1.165, 1.54) is 29.0 Å². The largest absolute Gasteiger partial charge is 0.504 e. The van der Waals surface area contributed by atoms with E-state index in [4.69, 9.17) is 5.73 Å². The Labute approximate surface area is 228 Å². The monoisotopic (exact) mass is 558 g/mol. The van der Waals surface area contributed by atoms with Crippen molar-refractivity contribution in [2.24, 2.45) is 10.7 Å². The molecule has 13 heteroatoms. The van der Waals surface area contributed by atoms with Crippen LogP contribution < -0.4 is 11.1 Å². The summed E-state index contributed by atoms with van der Waals surface area (Å²) in [5.74, 6) is -3.75. The predicted octanol–water partition coefficient (Wildman–Crippen LogP) is 3.84. The Balaban J connectivity index is 1.62. The molecule has 1 aliphatic heterocycles. The summed E-state index contributed by atoms with van der Waals surface area (Å²) >= 11 is 0. The number of nitrogens with one attached hydrogen (secondary N) is 1. The third-order valence-electron chi connectivity index (χ3n) is 7.09.